The summed E-state index contributed by atoms with van der Waals surface area (Å²) in [7, 11) is 0. The average molecular weight is 397 g/mol. The van der Waals surface area contributed by atoms with E-state index in [1.807, 2.05) is 12.1 Å². The zero-order valence-corrected chi connectivity index (χ0v) is 14.5. The second-order valence-corrected chi connectivity index (χ2v) is 6.51. The Morgan fingerprint density at radius 1 is 1.26 bits per heavy atom. The van der Waals surface area contributed by atoms with Gasteiger partial charge in [-0.2, -0.15) is 0 Å². The molecule has 0 spiro atoms. The van der Waals surface area contributed by atoms with Gasteiger partial charge in [0, 0.05) is 13.0 Å². The van der Waals surface area contributed by atoms with Gasteiger partial charge >= 0.3 is 0 Å². The number of rotatable bonds is 8. The summed E-state index contributed by atoms with van der Waals surface area (Å²) in [6, 6.07) is 4.06. The lowest BCUT2D eigenvalue weighted by Crippen LogP contribution is -2.19. The molecule has 1 rings (SSSR count). The number of alkyl halides is 1. The first-order chi connectivity index (χ1) is 9.04. The monoisotopic (exact) mass is 395 g/mol. The minimum atomic E-state index is -0.355. The highest BCUT2D eigenvalue weighted by molar-refractivity contribution is 9.11. The molecule has 0 unspecified atom stereocenters. The molecule has 0 radical (unpaired) electrons. The van der Waals surface area contributed by atoms with Crippen molar-refractivity contribution in [3.63, 3.8) is 0 Å². The number of hydrogen-bond donors (Lipinski definition) is 1. The molecular weight excluding hydrogens is 377 g/mol. The van der Waals surface area contributed by atoms with Crippen molar-refractivity contribution < 1.29 is 9.13 Å². The Bertz CT molecular complexity index is 376. The van der Waals surface area contributed by atoms with Crippen LogP contribution in [0, 0.1) is 5.92 Å². The summed E-state index contributed by atoms with van der Waals surface area (Å²) in [4.78, 5) is 0. The van der Waals surface area contributed by atoms with Crippen molar-refractivity contribution in [2.24, 2.45) is 5.92 Å². The zero-order valence-electron chi connectivity index (χ0n) is 11.3. The third kappa shape index (κ3) is 6.23. The van der Waals surface area contributed by atoms with E-state index in [-0.39, 0.29) is 6.67 Å². The SMILES string of the molecule is CC(C)CNCc1cc(Br)c(OCCCF)c(Br)c1. The van der Waals surface area contributed by atoms with Gasteiger partial charge in [-0.3, -0.25) is 4.39 Å². The van der Waals surface area contributed by atoms with E-state index in [4.69, 9.17) is 4.74 Å². The standard InChI is InChI=1S/C14H20Br2FNO/c1-10(2)8-18-9-11-6-12(15)14(13(16)7-11)19-5-3-4-17/h6-7,10,18H,3-5,8-9H2,1-2H3. The van der Waals surface area contributed by atoms with Crippen LogP contribution in [0.1, 0.15) is 25.8 Å². The number of benzene rings is 1. The lowest BCUT2D eigenvalue weighted by Gasteiger charge is -2.13. The number of nitrogens with one attached hydrogen (secondary N) is 1. The topological polar surface area (TPSA) is 21.3 Å². The van der Waals surface area contributed by atoms with E-state index in [1.54, 1.807) is 0 Å². The fourth-order valence-corrected chi connectivity index (χ4v) is 3.10. The van der Waals surface area contributed by atoms with Crippen molar-refractivity contribution >= 4 is 31.9 Å². The first-order valence-corrected chi connectivity index (χ1v) is 8.00. The number of hydrogen-bond acceptors (Lipinski definition) is 2. The van der Waals surface area contributed by atoms with E-state index < -0.39 is 0 Å². The highest BCUT2D eigenvalue weighted by atomic mass is 79.9. The van der Waals surface area contributed by atoms with Gasteiger partial charge in [0.15, 0.2) is 0 Å². The van der Waals surface area contributed by atoms with Crippen molar-refractivity contribution in [1.29, 1.82) is 0 Å². The molecule has 0 atom stereocenters. The van der Waals surface area contributed by atoms with Crippen LogP contribution in [-0.4, -0.2) is 19.8 Å². The molecule has 0 aliphatic rings. The van der Waals surface area contributed by atoms with E-state index in [9.17, 15) is 4.39 Å². The molecule has 0 bridgehead atoms. The molecule has 0 fully saturated rings. The summed E-state index contributed by atoms with van der Waals surface area (Å²) in [5.41, 5.74) is 1.18. The van der Waals surface area contributed by atoms with Gasteiger partial charge in [-0.15, -0.1) is 0 Å². The average Bonchev–Trinajstić information content (AvgIpc) is 2.32. The molecule has 1 aromatic rings. The van der Waals surface area contributed by atoms with Crippen molar-refractivity contribution in [3.8, 4) is 5.75 Å². The van der Waals surface area contributed by atoms with Gasteiger partial charge in [-0.05, 0) is 62.0 Å². The maximum absolute atomic E-state index is 12.1. The van der Waals surface area contributed by atoms with Gasteiger partial charge in [0.2, 0.25) is 0 Å². The quantitative estimate of drug-likeness (QED) is 0.643. The van der Waals surface area contributed by atoms with E-state index in [0.717, 1.165) is 27.8 Å². The third-order valence-electron chi connectivity index (χ3n) is 2.46. The van der Waals surface area contributed by atoms with Crippen molar-refractivity contribution in [3.05, 3.63) is 26.6 Å². The van der Waals surface area contributed by atoms with Gasteiger partial charge in [0.25, 0.3) is 0 Å². The van der Waals surface area contributed by atoms with Gasteiger partial charge in [0.05, 0.1) is 22.2 Å². The molecule has 1 N–H and O–H groups in total. The summed E-state index contributed by atoms with van der Waals surface area (Å²) < 4.78 is 19.4. The summed E-state index contributed by atoms with van der Waals surface area (Å²) in [6.45, 7) is 6.20. The van der Waals surface area contributed by atoms with E-state index in [1.165, 1.54) is 5.56 Å². The van der Waals surface area contributed by atoms with Gasteiger partial charge < -0.3 is 10.1 Å². The van der Waals surface area contributed by atoms with Gasteiger partial charge in [0.1, 0.15) is 5.75 Å². The molecule has 0 heterocycles. The summed E-state index contributed by atoms with van der Waals surface area (Å²) in [5, 5.41) is 3.40. The Hall–Kier alpha value is -0.130. The first-order valence-electron chi connectivity index (χ1n) is 6.42. The molecule has 0 aromatic heterocycles. The van der Waals surface area contributed by atoms with Crippen molar-refractivity contribution in [1.82, 2.24) is 5.32 Å². The summed E-state index contributed by atoms with van der Waals surface area (Å²) in [5.74, 6) is 1.37. The molecule has 1 aromatic carbocycles. The molecule has 5 heteroatoms. The molecule has 0 aliphatic heterocycles. The normalized spacial score (nSPS) is 11.1. The molecule has 0 saturated heterocycles. The Balaban J connectivity index is 2.62. The van der Waals surface area contributed by atoms with Crippen molar-refractivity contribution in [2.45, 2.75) is 26.8 Å². The fraction of sp³-hybridized carbons (Fsp3) is 0.571. The van der Waals surface area contributed by atoms with Gasteiger partial charge in [-0.25, -0.2) is 0 Å². The molecule has 0 aliphatic carbocycles. The van der Waals surface area contributed by atoms with Crippen LogP contribution >= 0.6 is 31.9 Å². The maximum Gasteiger partial charge on any atom is 0.147 e. The van der Waals surface area contributed by atoms with Crippen LogP contribution in [0.4, 0.5) is 4.39 Å². The lowest BCUT2D eigenvalue weighted by atomic mass is 10.2. The lowest BCUT2D eigenvalue weighted by molar-refractivity contribution is 0.286. The minimum absolute atomic E-state index is 0.355. The Morgan fingerprint density at radius 2 is 1.89 bits per heavy atom. The molecule has 19 heavy (non-hydrogen) atoms. The van der Waals surface area contributed by atoms with E-state index in [2.05, 4.69) is 51.0 Å². The number of halogens is 3. The molecular formula is C14H20Br2FNO. The summed E-state index contributed by atoms with van der Waals surface area (Å²) >= 11 is 6.99. The van der Waals surface area contributed by atoms with Crippen LogP contribution in [0.2, 0.25) is 0 Å². The van der Waals surface area contributed by atoms with Crippen LogP contribution < -0.4 is 10.1 Å². The number of ether oxygens (including phenoxy) is 1. The smallest absolute Gasteiger partial charge is 0.147 e. The van der Waals surface area contributed by atoms with Gasteiger partial charge in [-0.1, -0.05) is 13.8 Å². The molecule has 0 amide bonds. The predicted molar refractivity (Wildman–Crippen MR) is 84.5 cm³/mol. The predicted octanol–water partition coefficient (Wildman–Crippen LogP) is 4.70. The molecule has 0 saturated carbocycles. The largest absolute Gasteiger partial charge is 0.491 e. The Kier molecular flexibility index (Phi) is 7.95. The van der Waals surface area contributed by atoms with E-state index >= 15 is 0 Å². The van der Waals surface area contributed by atoms with Crippen molar-refractivity contribution in [2.75, 3.05) is 19.8 Å². The molecule has 2 nitrogen and oxygen atoms in total. The Morgan fingerprint density at radius 3 is 2.42 bits per heavy atom. The van der Waals surface area contributed by atoms with Crippen LogP contribution in [0.15, 0.2) is 21.1 Å². The third-order valence-corrected chi connectivity index (χ3v) is 3.64. The van der Waals surface area contributed by atoms with Crippen LogP contribution in [0.25, 0.3) is 0 Å². The van der Waals surface area contributed by atoms with E-state index in [0.29, 0.717) is 18.9 Å². The second-order valence-electron chi connectivity index (χ2n) is 4.80. The van der Waals surface area contributed by atoms with Crippen LogP contribution in [-0.2, 0) is 6.54 Å². The first kappa shape index (κ1) is 16.9. The Labute approximate surface area is 131 Å². The fourth-order valence-electron chi connectivity index (χ4n) is 1.59. The van der Waals surface area contributed by atoms with Crippen LogP contribution in [0.5, 0.6) is 5.75 Å². The highest BCUT2D eigenvalue weighted by Crippen LogP contribution is 2.34. The minimum Gasteiger partial charge on any atom is -0.491 e. The second kappa shape index (κ2) is 8.93. The maximum atomic E-state index is 12.1. The highest BCUT2D eigenvalue weighted by Gasteiger charge is 2.09. The van der Waals surface area contributed by atoms with Crippen LogP contribution in [0.3, 0.4) is 0 Å². The summed E-state index contributed by atoms with van der Waals surface area (Å²) in [6.07, 6.45) is 0.413. The molecule has 108 valence electrons. The zero-order chi connectivity index (χ0) is 14.3.